The first kappa shape index (κ1) is 17.8. The molecule has 0 saturated carbocycles. The molecule has 6 nitrogen and oxygen atoms in total. The van der Waals surface area contributed by atoms with Crippen LogP contribution in [0, 0.1) is 5.82 Å². The molecular formula is C19H22FN5O. The smallest absolute Gasteiger partial charge is 0.256 e. The topological polar surface area (TPSA) is 66.8 Å². The fourth-order valence-corrected chi connectivity index (χ4v) is 2.76. The van der Waals surface area contributed by atoms with Gasteiger partial charge in [0.25, 0.3) is 5.91 Å². The van der Waals surface area contributed by atoms with Gasteiger partial charge in [-0.2, -0.15) is 10.2 Å². The van der Waals surface area contributed by atoms with Crippen molar-refractivity contribution in [1.82, 2.24) is 24.9 Å². The number of nitrogens with one attached hydrogen (secondary N) is 1. The number of carbonyl (C=O) groups is 1. The number of H-pyrrole nitrogens is 1. The number of carbonyl (C=O) groups excluding carboxylic acids is 1. The van der Waals surface area contributed by atoms with E-state index in [0.29, 0.717) is 12.1 Å². The molecule has 0 bridgehead atoms. The zero-order valence-electron chi connectivity index (χ0n) is 14.9. The first-order valence-corrected chi connectivity index (χ1v) is 8.65. The van der Waals surface area contributed by atoms with Crippen LogP contribution in [0.15, 0.2) is 42.7 Å². The molecule has 7 heteroatoms. The van der Waals surface area contributed by atoms with Crippen LogP contribution in [0.1, 0.15) is 29.4 Å². The second kappa shape index (κ2) is 7.95. The molecule has 0 atom stereocenters. The fraction of sp³-hybridized carbons (Fsp3) is 0.316. The first-order valence-electron chi connectivity index (χ1n) is 8.65. The van der Waals surface area contributed by atoms with Crippen LogP contribution in [0.3, 0.4) is 0 Å². The van der Waals surface area contributed by atoms with Crippen LogP contribution in [0.4, 0.5) is 4.39 Å². The lowest BCUT2D eigenvalue weighted by atomic mass is 10.1. The Morgan fingerprint density at radius 3 is 2.92 bits per heavy atom. The van der Waals surface area contributed by atoms with Gasteiger partial charge in [0.2, 0.25) is 0 Å². The quantitative estimate of drug-likeness (QED) is 0.708. The molecule has 26 heavy (non-hydrogen) atoms. The number of benzene rings is 1. The highest BCUT2D eigenvalue weighted by Gasteiger charge is 2.13. The molecule has 1 aromatic carbocycles. The molecule has 0 unspecified atom stereocenters. The Balaban J connectivity index is 1.52. The zero-order chi connectivity index (χ0) is 18.5. The SMILES string of the molecule is CCn1cc(C(=O)N(C)CCCc2cc(-c3cccc(F)c3)n[nH]2)cn1. The van der Waals surface area contributed by atoms with Gasteiger partial charge in [0.1, 0.15) is 5.82 Å². The van der Waals surface area contributed by atoms with E-state index in [1.54, 1.807) is 35.1 Å². The molecule has 1 N–H and O–H groups in total. The van der Waals surface area contributed by atoms with E-state index in [9.17, 15) is 9.18 Å². The average Bonchev–Trinajstić information content (AvgIpc) is 3.30. The summed E-state index contributed by atoms with van der Waals surface area (Å²) in [6, 6.07) is 8.28. The van der Waals surface area contributed by atoms with Crippen molar-refractivity contribution in [3.63, 3.8) is 0 Å². The van der Waals surface area contributed by atoms with Crippen LogP contribution in [0.2, 0.25) is 0 Å². The molecule has 3 rings (SSSR count). The summed E-state index contributed by atoms with van der Waals surface area (Å²) in [6.45, 7) is 3.35. The van der Waals surface area contributed by atoms with E-state index in [1.807, 2.05) is 19.1 Å². The minimum absolute atomic E-state index is 0.0326. The van der Waals surface area contributed by atoms with Gasteiger partial charge in [-0.05, 0) is 38.0 Å². The van der Waals surface area contributed by atoms with Gasteiger partial charge in [-0.25, -0.2) is 4.39 Å². The summed E-state index contributed by atoms with van der Waals surface area (Å²) < 4.78 is 15.0. The van der Waals surface area contributed by atoms with E-state index in [2.05, 4.69) is 15.3 Å². The summed E-state index contributed by atoms with van der Waals surface area (Å²) >= 11 is 0. The number of nitrogens with zero attached hydrogens (tertiary/aromatic N) is 4. The molecule has 0 aliphatic rings. The lowest BCUT2D eigenvalue weighted by Gasteiger charge is -2.15. The monoisotopic (exact) mass is 355 g/mol. The zero-order valence-corrected chi connectivity index (χ0v) is 14.9. The molecule has 3 aromatic rings. The van der Waals surface area contributed by atoms with E-state index in [-0.39, 0.29) is 11.7 Å². The van der Waals surface area contributed by atoms with Crippen LogP contribution in [0.5, 0.6) is 0 Å². The largest absolute Gasteiger partial charge is 0.342 e. The van der Waals surface area contributed by atoms with E-state index >= 15 is 0 Å². The third-order valence-electron chi connectivity index (χ3n) is 4.24. The maximum absolute atomic E-state index is 13.3. The van der Waals surface area contributed by atoms with Gasteiger partial charge < -0.3 is 4.90 Å². The number of hydrogen-bond acceptors (Lipinski definition) is 3. The van der Waals surface area contributed by atoms with Crippen molar-refractivity contribution < 1.29 is 9.18 Å². The van der Waals surface area contributed by atoms with Gasteiger partial charge >= 0.3 is 0 Å². The first-order chi connectivity index (χ1) is 12.6. The Hall–Kier alpha value is -2.96. The summed E-state index contributed by atoms with van der Waals surface area (Å²) in [6.07, 6.45) is 4.92. The van der Waals surface area contributed by atoms with E-state index in [1.165, 1.54) is 12.1 Å². The predicted molar refractivity (Wildman–Crippen MR) is 97.2 cm³/mol. The third kappa shape index (κ3) is 4.17. The molecule has 0 saturated heterocycles. The highest BCUT2D eigenvalue weighted by atomic mass is 19.1. The number of aryl methyl sites for hydroxylation is 2. The Kier molecular flexibility index (Phi) is 5.46. The van der Waals surface area contributed by atoms with Crippen molar-refractivity contribution in [3.8, 4) is 11.3 Å². The molecule has 2 aromatic heterocycles. The molecular weight excluding hydrogens is 333 g/mol. The standard InChI is InChI=1S/C19H22FN5O/c1-3-25-13-15(12-21-25)19(26)24(2)9-5-8-17-11-18(23-22-17)14-6-4-7-16(20)10-14/h4,6-7,10-13H,3,5,8-9H2,1-2H3,(H,22,23). The molecule has 2 heterocycles. The van der Waals surface area contributed by atoms with Crippen molar-refractivity contribution in [3.05, 3.63) is 59.8 Å². The minimum Gasteiger partial charge on any atom is -0.342 e. The summed E-state index contributed by atoms with van der Waals surface area (Å²) in [4.78, 5) is 14.0. The lowest BCUT2D eigenvalue weighted by molar-refractivity contribution is 0.0793. The predicted octanol–water partition coefficient (Wildman–Crippen LogP) is 3.14. The molecule has 136 valence electrons. The van der Waals surface area contributed by atoms with Gasteiger partial charge in [-0.3, -0.25) is 14.6 Å². The second-order valence-electron chi connectivity index (χ2n) is 6.20. The van der Waals surface area contributed by atoms with Gasteiger partial charge in [-0.1, -0.05) is 12.1 Å². The van der Waals surface area contributed by atoms with E-state index in [0.717, 1.165) is 36.3 Å². The fourth-order valence-electron chi connectivity index (χ4n) is 2.76. The number of halogens is 1. The van der Waals surface area contributed by atoms with E-state index in [4.69, 9.17) is 0 Å². The summed E-state index contributed by atoms with van der Waals surface area (Å²) in [5, 5.41) is 11.3. The van der Waals surface area contributed by atoms with Crippen molar-refractivity contribution in [1.29, 1.82) is 0 Å². The van der Waals surface area contributed by atoms with Crippen LogP contribution >= 0.6 is 0 Å². The van der Waals surface area contributed by atoms with Crippen LogP contribution < -0.4 is 0 Å². The van der Waals surface area contributed by atoms with Gasteiger partial charge in [0.15, 0.2) is 0 Å². The van der Waals surface area contributed by atoms with Gasteiger partial charge in [-0.15, -0.1) is 0 Å². The minimum atomic E-state index is -0.279. The van der Waals surface area contributed by atoms with Crippen molar-refractivity contribution >= 4 is 5.91 Å². The van der Waals surface area contributed by atoms with E-state index < -0.39 is 0 Å². The van der Waals surface area contributed by atoms with Crippen LogP contribution in [-0.4, -0.2) is 44.4 Å². The molecule has 0 radical (unpaired) electrons. The average molecular weight is 355 g/mol. The molecule has 1 amide bonds. The van der Waals surface area contributed by atoms with Crippen molar-refractivity contribution in [2.45, 2.75) is 26.3 Å². The normalized spacial score (nSPS) is 10.9. The summed E-state index contributed by atoms with van der Waals surface area (Å²) in [5.41, 5.74) is 3.02. The molecule has 0 fully saturated rings. The summed E-state index contributed by atoms with van der Waals surface area (Å²) in [7, 11) is 1.79. The molecule has 0 aliphatic carbocycles. The highest BCUT2D eigenvalue weighted by Crippen LogP contribution is 2.19. The molecule has 0 aliphatic heterocycles. The molecule has 0 spiro atoms. The second-order valence-corrected chi connectivity index (χ2v) is 6.20. The van der Waals surface area contributed by atoms with Crippen LogP contribution in [0.25, 0.3) is 11.3 Å². The Bertz CT molecular complexity index is 885. The third-order valence-corrected chi connectivity index (χ3v) is 4.24. The number of hydrogen-bond donors (Lipinski definition) is 1. The number of aromatic nitrogens is 4. The Labute approximate surface area is 151 Å². The Morgan fingerprint density at radius 1 is 1.35 bits per heavy atom. The van der Waals surface area contributed by atoms with Crippen molar-refractivity contribution in [2.75, 3.05) is 13.6 Å². The maximum Gasteiger partial charge on any atom is 0.256 e. The number of aromatic amines is 1. The van der Waals surface area contributed by atoms with Crippen LogP contribution in [-0.2, 0) is 13.0 Å². The number of amides is 1. The van der Waals surface area contributed by atoms with Crippen molar-refractivity contribution in [2.24, 2.45) is 0 Å². The maximum atomic E-state index is 13.3. The highest BCUT2D eigenvalue weighted by molar-refractivity contribution is 5.93. The lowest BCUT2D eigenvalue weighted by Crippen LogP contribution is -2.27. The Morgan fingerprint density at radius 2 is 2.19 bits per heavy atom. The van der Waals surface area contributed by atoms with Gasteiger partial charge in [0, 0.05) is 37.6 Å². The number of rotatable bonds is 7. The summed E-state index contributed by atoms with van der Waals surface area (Å²) in [5.74, 6) is -0.312. The van der Waals surface area contributed by atoms with Gasteiger partial charge in [0.05, 0.1) is 17.5 Å².